The van der Waals surface area contributed by atoms with Gasteiger partial charge in [-0.1, -0.05) is 18.6 Å². The van der Waals surface area contributed by atoms with Gasteiger partial charge in [-0.15, -0.1) is 0 Å². The first-order valence-electron chi connectivity index (χ1n) is 4.54. The van der Waals surface area contributed by atoms with E-state index in [1.54, 1.807) is 0 Å². The highest BCUT2D eigenvalue weighted by atomic mass is 16.1. The molecule has 1 nitrogen and oxygen atoms in total. The number of allylic oxidation sites excluding steroid dienone is 2. The zero-order chi connectivity index (χ0) is 7.68. The first-order chi connectivity index (χ1) is 5.42. The maximum atomic E-state index is 10.7. The second-order valence-corrected chi connectivity index (χ2v) is 3.72. The van der Waals surface area contributed by atoms with Crippen molar-refractivity contribution in [2.45, 2.75) is 25.7 Å². The first-order valence-corrected chi connectivity index (χ1v) is 4.54. The standard InChI is InChI=1S/C10H14O/c11-7-9-5-1-3-8-4-2-6-10(8)9/h1,3,7-10H,2,4-6H2/t8-,9-,10+/m0/s1. The van der Waals surface area contributed by atoms with Crippen molar-refractivity contribution in [3.63, 3.8) is 0 Å². The van der Waals surface area contributed by atoms with Gasteiger partial charge in [0, 0.05) is 5.92 Å². The Bertz CT molecular complexity index is 183. The van der Waals surface area contributed by atoms with Crippen molar-refractivity contribution in [3.05, 3.63) is 12.2 Å². The van der Waals surface area contributed by atoms with Crippen LogP contribution in [0.3, 0.4) is 0 Å². The third-order valence-electron chi connectivity index (χ3n) is 3.14. The molecule has 0 aromatic heterocycles. The van der Waals surface area contributed by atoms with Gasteiger partial charge in [0.05, 0.1) is 0 Å². The van der Waals surface area contributed by atoms with Gasteiger partial charge in [-0.2, -0.15) is 0 Å². The van der Waals surface area contributed by atoms with Crippen LogP contribution in [0.25, 0.3) is 0 Å². The molecule has 11 heavy (non-hydrogen) atoms. The Morgan fingerprint density at radius 1 is 1.36 bits per heavy atom. The summed E-state index contributed by atoms with van der Waals surface area (Å²) >= 11 is 0. The fourth-order valence-electron chi connectivity index (χ4n) is 2.53. The molecule has 2 rings (SSSR count). The number of carbonyl (C=O) groups is 1. The summed E-state index contributed by atoms with van der Waals surface area (Å²) in [4.78, 5) is 10.7. The van der Waals surface area contributed by atoms with E-state index in [0.717, 1.165) is 18.6 Å². The second-order valence-electron chi connectivity index (χ2n) is 3.72. The topological polar surface area (TPSA) is 17.1 Å². The van der Waals surface area contributed by atoms with Gasteiger partial charge in [0.1, 0.15) is 6.29 Å². The largest absolute Gasteiger partial charge is 0.303 e. The van der Waals surface area contributed by atoms with E-state index in [9.17, 15) is 4.79 Å². The normalized spacial score (nSPS) is 42.0. The smallest absolute Gasteiger partial charge is 0.123 e. The summed E-state index contributed by atoms with van der Waals surface area (Å²) in [7, 11) is 0. The lowest BCUT2D eigenvalue weighted by Gasteiger charge is -2.25. The van der Waals surface area contributed by atoms with Gasteiger partial charge >= 0.3 is 0 Å². The van der Waals surface area contributed by atoms with Gasteiger partial charge in [0.2, 0.25) is 0 Å². The van der Waals surface area contributed by atoms with Crippen LogP contribution in [0.5, 0.6) is 0 Å². The SMILES string of the molecule is O=C[C@@H]1CC=C[C@H]2CCC[C@@H]12. The maximum absolute atomic E-state index is 10.7. The average Bonchev–Trinajstić information content (AvgIpc) is 2.50. The van der Waals surface area contributed by atoms with E-state index in [2.05, 4.69) is 12.2 Å². The minimum atomic E-state index is 0.340. The van der Waals surface area contributed by atoms with Crippen LogP contribution in [-0.2, 0) is 4.79 Å². The summed E-state index contributed by atoms with van der Waals surface area (Å²) in [5.41, 5.74) is 0. The van der Waals surface area contributed by atoms with E-state index in [-0.39, 0.29) is 0 Å². The van der Waals surface area contributed by atoms with E-state index in [4.69, 9.17) is 0 Å². The molecule has 0 unspecified atom stereocenters. The molecule has 0 amide bonds. The van der Waals surface area contributed by atoms with Gasteiger partial charge in [-0.05, 0) is 31.1 Å². The van der Waals surface area contributed by atoms with Gasteiger partial charge in [0.15, 0.2) is 0 Å². The molecule has 0 aliphatic heterocycles. The number of hydrogen-bond acceptors (Lipinski definition) is 1. The molecular weight excluding hydrogens is 136 g/mol. The molecular formula is C10H14O. The second kappa shape index (κ2) is 2.80. The summed E-state index contributed by atoms with van der Waals surface area (Å²) < 4.78 is 0. The summed E-state index contributed by atoms with van der Waals surface area (Å²) in [6.07, 6.45) is 10.6. The van der Waals surface area contributed by atoms with Crippen molar-refractivity contribution in [2.75, 3.05) is 0 Å². The lowest BCUT2D eigenvalue weighted by atomic mass is 9.79. The third-order valence-corrected chi connectivity index (χ3v) is 3.14. The molecule has 0 aromatic carbocycles. The molecule has 2 aliphatic rings. The van der Waals surface area contributed by atoms with E-state index in [1.165, 1.54) is 19.3 Å². The summed E-state index contributed by atoms with van der Waals surface area (Å²) in [6.45, 7) is 0. The number of aldehydes is 1. The monoisotopic (exact) mass is 150 g/mol. The molecule has 0 bridgehead atoms. The highest BCUT2D eigenvalue weighted by Gasteiger charge is 2.33. The lowest BCUT2D eigenvalue weighted by molar-refractivity contribution is -0.112. The van der Waals surface area contributed by atoms with Crippen molar-refractivity contribution < 1.29 is 4.79 Å². The van der Waals surface area contributed by atoms with Gasteiger partial charge in [0.25, 0.3) is 0 Å². The van der Waals surface area contributed by atoms with Crippen LogP contribution in [0.1, 0.15) is 25.7 Å². The molecule has 1 heteroatoms. The molecule has 0 radical (unpaired) electrons. The molecule has 0 heterocycles. The summed E-state index contributed by atoms with van der Waals surface area (Å²) in [5.74, 6) is 1.77. The summed E-state index contributed by atoms with van der Waals surface area (Å²) in [5, 5.41) is 0. The molecule has 0 spiro atoms. The minimum Gasteiger partial charge on any atom is -0.303 e. The molecule has 2 aliphatic carbocycles. The molecule has 1 saturated carbocycles. The number of fused-ring (bicyclic) bond motifs is 1. The third kappa shape index (κ3) is 1.13. The van der Waals surface area contributed by atoms with Crippen LogP contribution in [0, 0.1) is 17.8 Å². The lowest BCUT2D eigenvalue weighted by Crippen LogP contribution is -2.21. The Hall–Kier alpha value is -0.590. The number of hydrogen-bond donors (Lipinski definition) is 0. The van der Waals surface area contributed by atoms with Gasteiger partial charge in [-0.3, -0.25) is 0 Å². The van der Waals surface area contributed by atoms with Crippen molar-refractivity contribution >= 4 is 6.29 Å². The van der Waals surface area contributed by atoms with Crippen molar-refractivity contribution in [3.8, 4) is 0 Å². The maximum Gasteiger partial charge on any atom is 0.123 e. The van der Waals surface area contributed by atoms with Crippen molar-refractivity contribution in [1.29, 1.82) is 0 Å². The molecule has 0 saturated heterocycles. The number of rotatable bonds is 1. The van der Waals surface area contributed by atoms with E-state index < -0.39 is 0 Å². The molecule has 0 aromatic rings. The van der Waals surface area contributed by atoms with Crippen molar-refractivity contribution in [2.24, 2.45) is 17.8 Å². The Kier molecular flexibility index (Phi) is 1.80. The van der Waals surface area contributed by atoms with Crippen LogP contribution >= 0.6 is 0 Å². The highest BCUT2D eigenvalue weighted by molar-refractivity contribution is 5.55. The molecule has 3 atom stereocenters. The Morgan fingerprint density at radius 3 is 3.09 bits per heavy atom. The Balaban J connectivity index is 2.15. The van der Waals surface area contributed by atoms with E-state index >= 15 is 0 Å². The average molecular weight is 150 g/mol. The zero-order valence-electron chi connectivity index (χ0n) is 6.70. The molecule has 0 N–H and O–H groups in total. The predicted molar refractivity (Wildman–Crippen MR) is 44.1 cm³/mol. The van der Waals surface area contributed by atoms with Gasteiger partial charge < -0.3 is 4.79 Å². The van der Waals surface area contributed by atoms with Crippen LogP contribution < -0.4 is 0 Å². The highest BCUT2D eigenvalue weighted by Crippen LogP contribution is 2.41. The predicted octanol–water partition coefficient (Wildman–Crippen LogP) is 2.18. The summed E-state index contributed by atoms with van der Waals surface area (Å²) in [6, 6.07) is 0. The molecule has 60 valence electrons. The van der Waals surface area contributed by atoms with Crippen molar-refractivity contribution in [1.82, 2.24) is 0 Å². The quantitative estimate of drug-likeness (QED) is 0.413. The van der Waals surface area contributed by atoms with Crippen LogP contribution in [0.15, 0.2) is 12.2 Å². The first kappa shape index (κ1) is 7.08. The Morgan fingerprint density at radius 2 is 2.27 bits per heavy atom. The van der Waals surface area contributed by atoms with E-state index in [0.29, 0.717) is 11.8 Å². The fraction of sp³-hybridized carbons (Fsp3) is 0.700. The van der Waals surface area contributed by atoms with Crippen LogP contribution in [0.4, 0.5) is 0 Å². The minimum absolute atomic E-state index is 0.340. The fourth-order valence-corrected chi connectivity index (χ4v) is 2.53. The molecule has 1 fully saturated rings. The van der Waals surface area contributed by atoms with Crippen LogP contribution in [-0.4, -0.2) is 6.29 Å². The number of carbonyl (C=O) groups excluding carboxylic acids is 1. The zero-order valence-corrected chi connectivity index (χ0v) is 6.70. The van der Waals surface area contributed by atoms with E-state index in [1.807, 2.05) is 0 Å². The van der Waals surface area contributed by atoms with Crippen LogP contribution in [0.2, 0.25) is 0 Å². The Labute approximate surface area is 67.5 Å². The van der Waals surface area contributed by atoms with Gasteiger partial charge in [-0.25, -0.2) is 0 Å².